The second kappa shape index (κ2) is 10.8. The summed E-state index contributed by atoms with van der Waals surface area (Å²) in [7, 11) is 1.35. The topological polar surface area (TPSA) is 55.5 Å². The first-order chi connectivity index (χ1) is 13.8. The number of hydrogen-bond acceptors (Lipinski definition) is 6. The van der Waals surface area contributed by atoms with Gasteiger partial charge in [0.15, 0.2) is 5.15 Å². The van der Waals surface area contributed by atoms with Crippen LogP contribution in [0.3, 0.4) is 0 Å². The van der Waals surface area contributed by atoms with Gasteiger partial charge in [-0.05, 0) is 19.1 Å². The number of thiocarbonyl (C=S) groups is 1. The monoisotopic (exact) mass is 465 g/mol. The van der Waals surface area contributed by atoms with Crippen molar-refractivity contribution in [2.24, 2.45) is 5.16 Å². The van der Waals surface area contributed by atoms with Crippen LogP contribution < -0.4 is 4.90 Å². The quantitative estimate of drug-likeness (QED) is 0.230. The van der Waals surface area contributed by atoms with Crippen LogP contribution in [0.1, 0.15) is 13.3 Å². The first-order valence-corrected chi connectivity index (χ1v) is 10.4. The van der Waals surface area contributed by atoms with Gasteiger partial charge in [-0.25, -0.2) is 4.68 Å². The van der Waals surface area contributed by atoms with Crippen LogP contribution in [-0.2, 0) is 4.84 Å². The maximum Gasteiger partial charge on any atom is 0.389 e. The van der Waals surface area contributed by atoms with E-state index in [9.17, 15) is 13.2 Å². The van der Waals surface area contributed by atoms with Crippen molar-refractivity contribution in [2.75, 3.05) is 30.1 Å². The predicted molar refractivity (Wildman–Crippen MR) is 114 cm³/mol. The largest absolute Gasteiger partial charge is 0.399 e. The molecule has 0 spiro atoms. The SMILES string of the molecule is CCN(C(=S)/C(CSCCC(F)(F)F)=N\OC)c1cn(-c2cccnc2)nc1Cl. The minimum absolute atomic E-state index is 0.0966. The van der Waals surface area contributed by atoms with E-state index < -0.39 is 12.6 Å². The number of thioether (sulfide) groups is 1. The molecule has 29 heavy (non-hydrogen) atoms. The van der Waals surface area contributed by atoms with E-state index in [0.717, 1.165) is 17.4 Å². The number of anilines is 1. The van der Waals surface area contributed by atoms with Gasteiger partial charge < -0.3 is 9.74 Å². The number of alkyl halides is 3. The number of halogens is 4. The molecule has 0 aliphatic rings. The van der Waals surface area contributed by atoms with E-state index in [2.05, 4.69) is 15.2 Å². The Labute approximate surface area is 181 Å². The van der Waals surface area contributed by atoms with Gasteiger partial charge in [0, 0.05) is 24.2 Å². The summed E-state index contributed by atoms with van der Waals surface area (Å²) in [6, 6.07) is 3.60. The molecule has 2 aromatic rings. The molecule has 0 radical (unpaired) electrons. The number of nitrogens with zero attached hydrogens (tertiary/aromatic N) is 5. The van der Waals surface area contributed by atoms with E-state index in [0.29, 0.717) is 22.9 Å². The van der Waals surface area contributed by atoms with Crippen LogP contribution in [0.5, 0.6) is 0 Å². The van der Waals surface area contributed by atoms with Crippen LogP contribution in [0.15, 0.2) is 35.9 Å². The van der Waals surface area contributed by atoms with Gasteiger partial charge in [-0.15, -0.1) is 0 Å². The molecule has 0 N–H and O–H groups in total. The molecule has 0 aliphatic heterocycles. The van der Waals surface area contributed by atoms with E-state index >= 15 is 0 Å². The first-order valence-electron chi connectivity index (χ1n) is 8.48. The zero-order chi connectivity index (χ0) is 21.4. The second-order valence-electron chi connectivity index (χ2n) is 5.65. The highest BCUT2D eigenvalue weighted by atomic mass is 35.5. The van der Waals surface area contributed by atoms with Crippen molar-refractivity contribution in [3.63, 3.8) is 0 Å². The number of oxime groups is 1. The van der Waals surface area contributed by atoms with Crippen molar-refractivity contribution in [3.05, 3.63) is 35.9 Å². The number of hydrogen-bond donors (Lipinski definition) is 0. The van der Waals surface area contributed by atoms with Crippen LogP contribution in [0.4, 0.5) is 18.9 Å². The molecule has 0 fully saturated rings. The van der Waals surface area contributed by atoms with Gasteiger partial charge in [0.2, 0.25) is 0 Å². The molecule has 0 saturated carbocycles. The van der Waals surface area contributed by atoms with Crippen LogP contribution in [0.25, 0.3) is 5.69 Å². The highest BCUT2D eigenvalue weighted by Gasteiger charge is 2.27. The van der Waals surface area contributed by atoms with Crippen LogP contribution in [-0.4, -0.2) is 56.8 Å². The number of rotatable bonds is 9. The molecule has 0 atom stereocenters. The predicted octanol–water partition coefficient (Wildman–Crippen LogP) is 4.76. The number of pyridine rings is 1. The molecule has 0 bridgehead atoms. The highest BCUT2D eigenvalue weighted by molar-refractivity contribution is 8.00. The molecular formula is C17H19ClF3N5OS2. The van der Waals surface area contributed by atoms with Gasteiger partial charge in [0.05, 0.1) is 24.5 Å². The Morgan fingerprint density at radius 3 is 2.79 bits per heavy atom. The third-order valence-corrected chi connectivity index (χ3v) is 5.33. The molecule has 2 rings (SSSR count). The summed E-state index contributed by atoms with van der Waals surface area (Å²) < 4.78 is 38.6. The third kappa shape index (κ3) is 6.86. The van der Waals surface area contributed by atoms with Crippen LogP contribution >= 0.6 is 35.6 Å². The molecule has 0 unspecified atom stereocenters. The minimum atomic E-state index is -4.20. The summed E-state index contributed by atoms with van der Waals surface area (Å²) in [5.41, 5.74) is 1.62. The normalized spacial score (nSPS) is 12.1. The molecule has 158 valence electrons. The fourth-order valence-corrected chi connectivity index (χ4v) is 3.88. The lowest BCUT2D eigenvalue weighted by atomic mass is 10.3. The Morgan fingerprint density at radius 1 is 1.45 bits per heavy atom. The van der Waals surface area contributed by atoms with E-state index in [1.54, 1.807) is 34.2 Å². The minimum Gasteiger partial charge on any atom is -0.399 e. The molecule has 0 aromatic carbocycles. The zero-order valence-electron chi connectivity index (χ0n) is 15.7. The summed E-state index contributed by atoms with van der Waals surface area (Å²) in [6.07, 6.45) is -0.0953. The Morgan fingerprint density at radius 2 is 2.21 bits per heavy atom. The lowest BCUT2D eigenvalue weighted by molar-refractivity contribution is -0.129. The molecule has 12 heteroatoms. The Kier molecular flexibility index (Phi) is 8.72. The Balaban J connectivity index is 2.17. The first kappa shape index (κ1) is 23.4. The summed E-state index contributed by atoms with van der Waals surface area (Å²) in [5, 5.41) is 8.40. The van der Waals surface area contributed by atoms with Crippen molar-refractivity contribution >= 4 is 52.0 Å². The summed E-state index contributed by atoms with van der Waals surface area (Å²) in [4.78, 5) is 10.9. The highest BCUT2D eigenvalue weighted by Crippen LogP contribution is 2.27. The molecule has 6 nitrogen and oxygen atoms in total. The van der Waals surface area contributed by atoms with E-state index in [1.807, 2.05) is 13.0 Å². The maximum atomic E-state index is 12.3. The lowest BCUT2D eigenvalue weighted by Crippen LogP contribution is -2.36. The average molecular weight is 466 g/mol. The average Bonchev–Trinajstić information content (AvgIpc) is 3.06. The maximum absolute atomic E-state index is 12.3. The van der Waals surface area contributed by atoms with E-state index in [4.69, 9.17) is 28.7 Å². The van der Waals surface area contributed by atoms with Gasteiger partial charge in [0.1, 0.15) is 23.5 Å². The molecule has 0 aliphatic carbocycles. The second-order valence-corrected chi connectivity index (χ2v) is 7.50. The Bertz CT molecular complexity index is 845. The molecular weight excluding hydrogens is 447 g/mol. The summed E-state index contributed by atoms with van der Waals surface area (Å²) in [6.45, 7) is 2.32. The fraction of sp³-hybridized carbons (Fsp3) is 0.412. The standard InChI is InChI=1S/C17H19ClF3N5OS2/c1-3-25(14-10-26(23-15(14)18)12-5-4-7-22-9-12)16(28)13(24-27-2)11-29-8-6-17(19,20)21/h4-5,7,9-10H,3,6,8,11H2,1-2H3/b24-13-. The third-order valence-electron chi connectivity index (χ3n) is 3.63. The molecule has 2 aromatic heterocycles. The lowest BCUT2D eigenvalue weighted by Gasteiger charge is -2.23. The van der Waals surface area contributed by atoms with E-state index in [1.165, 1.54) is 7.11 Å². The molecule has 2 heterocycles. The van der Waals surface area contributed by atoms with Crippen molar-refractivity contribution in [2.45, 2.75) is 19.5 Å². The van der Waals surface area contributed by atoms with Gasteiger partial charge in [-0.2, -0.15) is 30.0 Å². The Hall–Kier alpha value is -1.85. The smallest absolute Gasteiger partial charge is 0.389 e. The summed E-state index contributed by atoms with van der Waals surface area (Å²) in [5.74, 6) is 0.0777. The van der Waals surface area contributed by atoms with Crippen molar-refractivity contribution < 1.29 is 18.0 Å². The van der Waals surface area contributed by atoms with Crippen LogP contribution in [0.2, 0.25) is 5.15 Å². The van der Waals surface area contributed by atoms with Crippen molar-refractivity contribution in [1.29, 1.82) is 0 Å². The van der Waals surface area contributed by atoms with Crippen molar-refractivity contribution in [1.82, 2.24) is 14.8 Å². The van der Waals surface area contributed by atoms with Gasteiger partial charge in [0.25, 0.3) is 0 Å². The summed E-state index contributed by atoms with van der Waals surface area (Å²) >= 11 is 12.9. The zero-order valence-corrected chi connectivity index (χ0v) is 18.1. The van der Waals surface area contributed by atoms with Gasteiger partial charge >= 0.3 is 6.18 Å². The fourth-order valence-electron chi connectivity index (χ4n) is 2.32. The molecule has 0 saturated heterocycles. The number of aromatic nitrogens is 3. The van der Waals surface area contributed by atoms with Gasteiger partial charge in [-0.3, -0.25) is 4.98 Å². The van der Waals surface area contributed by atoms with Crippen LogP contribution in [0, 0.1) is 0 Å². The van der Waals surface area contributed by atoms with E-state index in [-0.39, 0.29) is 16.7 Å². The van der Waals surface area contributed by atoms with Crippen molar-refractivity contribution in [3.8, 4) is 5.69 Å². The van der Waals surface area contributed by atoms with Gasteiger partial charge in [-0.1, -0.05) is 29.0 Å². The molecule has 0 amide bonds.